The molecule has 12 heteroatoms. The van der Waals surface area contributed by atoms with Gasteiger partial charge in [0.25, 0.3) is 10.0 Å². The molecule has 2 atom stereocenters. The summed E-state index contributed by atoms with van der Waals surface area (Å²) in [4.78, 5) is 27.0. The molecule has 3 rings (SSSR count). The third-order valence-electron chi connectivity index (χ3n) is 5.31. The summed E-state index contributed by atoms with van der Waals surface area (Å²) in [5, 5.41) is 6.37. The summed E-state index contributed by atoms with van der Waals surface area (Å²) in [6.07, 6.45) is 0.745. The highest BCUT2D eigenvalue weighted by Crippen LogP contribution is 2.26. The SMILES string of the molecule is CCc1ccc(S(=O)(=O)NC(C(=O)N[C@@H](Cc2ccc(Cl)cc2Cl)C(=O)NC)c2ccc(Cl)cc2)s1. The standard InChI is InChI=1S/C24H24Cl3N3O4S2/c1-3-18-10-11-21(35-18)36(33,34)30-22(14-4-7-16(25)8-5-14)24(32)29-20(23(31)28-2)12-15-6-9-17(26)13-19(15)27/h4-11,13,20,22,30H,3,12H2,1-2H3,(H,28,31)(H,29,32)/t20-,22?/m0/s1. The molecule has 0 aliphatic rings. The van der Waals surface area contributed by atoms with Crippen molar-refractivity contribution in [3.8, 4) is 0 Å². The average Bonchev–Trinajstić information content (AvgIpc) is 3.34. The van der Waals surface area contributed by atoms with Gasteiger partial charge in [-0.2, -0.15) is 4.72 Å². The number of thiophene rings is 1. The normalized spacial score (nSPS) is 13.1. The van der Waals surface area contributed by atoms with Gasteiger partial charge in [0.15, 0.2) is 0 Å². The largest absolute Gasteiger partial charge is 0.357 e. The van der Waals surface area contributed by atoms with Crippen molar-refractivity contribution < 1.29 is 18.0 Å². The molecule has 0 bridgehead atoms. The van der Waals surface area contributed by atoms with Gasteiger partial charge in [0.05, 0.1) is 0 Å². The Balaban J connectivity index is 1.92. The lowest BCUT2D eigenvalue weighted by Crippen LogP contribution is -2.50. The summed E-state index contributed by atoms with van der Waals surface area (Å²) in [6.45, 7) is 1.92. The van der Waals surface area contributed by atoms with Crippen LogP contribution in [0.15, 0.2) is 58.8 Å². The van der Waals surface area contributed by atoms with Crippen molar-refractivity contribution in [2.45, 2.75) is 36.1 Å². The van der Waals surface area contributed by atoms with E-state index in [2.05, 4.69) is 15.4 Å². The molecule has 0 fully saturated rings. The topological polar surface area (TPSA) is 104 Å². The number of carbonyl (C=O) groups excluding carboxylic acids is 2. The highest BCUT2D eigenvalue weighted by atomic mass is 35.5. The van der Waals surface area contributed by atoms with Gasteiger partial charge in [-0.25, -0.2) is 8.42 Å². The molecule has 0 aliphatic carbocycles. The van der Waals surface area contributed by atoms with Crippen molar-refractivity contribution in [1.82, 2.24) is 15.4 Å². The summed E-state index contributed by atoms with van der Waals surface area (Å²) in [5.41, 5.74) is 0.942. The first-order chi connectivity index (χ1) is 17.0. The van der Waals surface area contributed by atoms with Crippen molar-refractivity contribution >= 4 is 68.0 Å². The number of carbonyl (C=O) groups is 2. The van der Waals surface area contributed by atoms with Gasteiger partial charge in [-0.05, 0) is 53.9 Å². The van der Waals surface area contributed by atoms with Crippen molar-refractivity contribution in [3.05, 3.63) is 85.7 Å². The average molecular weight is 589 g/mol. The van der Waals surface area contributed by atoms with Crippen molar-refractivity contribution in [1.29, 1.82) is 0 Å². The lowest BCUT2D eigenvalue weighted by Gasteiger charge is -2.23. The summed E-state index contributed by atoms with van der Waals surface area (Å²) in [7, 11) is -2.61. The molecule has 7 nitrogen and oxygen atoms in total. The van der Waals surface area contributed by atoms with Gasteiger partial charge < -0.3 is 10.6 Å². The van der Waals surface area contributed by atoms with Gasteiger partial charge in [0.2, 0.25) is 11.8 Å². The van der Waals surface area contributed by atoms with E-state index in [0.29, 0.717) is 32.6 Å². The van der Waals surface area contributed by atoms with E-state index < -0.39 is 33.9 Å². The number of likely N-dealkylation sites (N-methyl/N-ethyl adjacent to an activating group) is 1. The molecule has 1 unspecified atom stereocenters. The molecule has 3 N–H and O–H groups in total. The molecule has 2 amide bonds. The lowest BCUT2D eigenvalue weighted by atomic mass is 10.0. The highest BCUT2D eigenvalue weighted by molar-refractivity contribution is 7.91. The number of amides is 2. The monoisotopic (exact) mass is 587 g/mol. The summed E-state index contributed by atoms with van der Waals surface area (Å²) in [6, 6.07) is 11.9. The maximum absolute atomic E-state index is 13.5. The fourth-order valence-electron chi connectivity index (χ4n) is 3.38. The molecule has 2 aromatic carbocycles. The van der Waals surface area contributed by atoms with Crippen LogP contribution in [0.1, 0.15) is 29.0 Å². The summed E-state index contributed by atoms with van der Waals surface area (Å²) < 4.78 is 28.9. The second kappa shape index (κ2) is 12.4. The Hall–Kier alpha value is -2.14. The molecule has 0 aliphatic heterocycles. The maximum atomic E-state index is 13.5. The Bertz CT molecular complexity index is 1340. The first-order valence-electron chi connectivity index (χ1n) is 10.9. The Labute approximate surface area is 229 Å². The third kappa shape index (κ3) is 7.21. The zero-order valence-electron chi connectivity index (χ0n) is 19.3. The molecule has 0 saturated heterocycles. The molecular weight excluding hydrogens is 565 g/mol. The number of aryl methyl sites for hydroxylation is 1. The van der Waals surface area contributed by atoms with E-state index in [0.717, 1.165) is 16.2 Å². The van der Waals surface area contributed by atoms with E-state index in [1.54, 1.807) is 42.5 Å². The Kier molecular flexibility index (Phi) is 9.79. The minimum absolute atomic E-state index is 0.0618. The summed E-state index contributed by atoms with van der Waals surface area (Å²) >= 11 is 19.3. The fraction of sp³-hybridized carbons (Fsp3) is 0.250. The van der Waals surface area contributed by atoms with Crippen LogP contribution < -0.4 is 15.4 Å². The molecule has 192 valence electrons. The maximum Gasteiger partial charge on any atom is 0.251 e. The second-order valence-electron chi connectivity index (χ2n) is 7.80. The van der Waals surface area contributed by atoms with Gasteiger partial charge in [-0.3, -0.25) is 9.59 Å². The van der Waals surface area contributed by atoms with E-state index in [1.165, 1.54) is 19.2 Å². The second-order valence-corrected chi connectivity index (χ2v) is 12.2. The Morgan fingerprint density at radius 2 is 1.61 bits per heavy atom. The number of hydrogen-bond donors (Lipinski definition) is 3. The molecular formula is C24H24Cl3N3O4S2. The van der Waals surface area contributed by atoms with E-state index >= 15 is 0 Å². The number of hydrogen-bond acceptors (Lipinski definition) is 5. The van der Waals surface area contributed by atoms with Gasteiger partial charge >= 0.3 is 0 Å². The van der Waals surface area contributed by atoms with Crippen molar-refractivity contribution in [3.63, 3.8) is 0 Å². The number of nitrogens with one attached hydrogen (secondary N) is 3. The summed E-state index contributed by atoms with van der Waals surface area (Å²) in [5.74, 6) is -1.19. The van der Waals surface area contributed by atoms with Crippen LogP contribution in [-0.2, 0) is 32.5 Å². The van der Waals surface area contributed by atoms with Crippen LogP contribution in [-0.4, -0.2) is 33.3 Å². The molecule has 0 spiro atoms. The number of sulfonamides is 1. The van der Waals surface area contributed by atoms with E-state index in [9.17, 15) is 18.0 Å². The molecule has 0 saturated carbocycles. The zero-order valence-corrected chi connectivity index (χ0v) is 23.2. The molecule has 1 aromatic heterocycles. The highest BCUT2D eigenvalue weighted by Gasteiger charge is 2.31. The van der Waals surface area contributed by atoms with Crippen LogP contribution in [0.4, 0.5) is 0 Å². The third-order valence-corrected chi connectivity index (χ3v) is 9.29. The minimum Gasteiger partial charge on any atom is -0.357 e. The van der Waals surface area contributed by atoms with E-state index in [1.807, 2.05) is 6.92 Å². The first kappa shape index (κ1) is 28.4. The van der Waals surface area contributed by atoms with Gasteiger partial charge in [0, 0.05) is 33.4 Å². The molecule has 3 aromatic rings. The lowest BCUT2D eigenvalue weighted by molar-refractivity contribution is -0.129. The number of benzene rings is 2. The van der Waals surface area contributed by atoms with Crippen LogP contribution in [0.3, 0.4) is 0 Å². The molecule has 0 radical (unpaired) electrons. The van der Waals surface area contributed by atoms with Gasteiger partial charge in [-0.1, -0.05) is 59.9 Å². The quantitative estimate of drug-likeness (QED) is 0.318. The van der Waals surface area contributed by atoms with Crippen LogP contribution in [0, 0.1) is 0 Å². The van der Waals surface area contributed by atoms with Crippen molar-refractivity contribution in [2.75, 3.05) is 7.05 Å². The van der Waals surface area contributed by atoms with Crippen LogP contribution in [0.2, 0.25) is 15.1 Å². The minimum atomic E-state index is -4.05. The Morgan fingerprint density at radius 1 is 0.944 bits per heavy atom. The van der Waals surface area contributed by atoms with E-state index in [-0.39, 0.29) is 10.6 Å². The van der Waals surface area contributed by atoms with Crippen LogP contribution in [0.25, 0.3) is 0 Å². The smallest absolute Gasteiger partial charge is 0.251 e. The molecule has 36 heavy (non-hydrogen) atoms. The Morgan fingerprint density at radius 3 is 2.19 bits per heavy atom. The van der Waals surface area contributed by atoms with Crippen LogP contribution >= 0.6 is 46.1 Å². The molecule has 1 heterocycles. The fourth-order valence-corrected chi connectivity index (χ4v) is 6.49. The number of rotatable bonds is 10. The van der Waals surface area contributed by atoms with Gasteiger partial charge in [-0.15, -0.1) is 11.3 Å². The van der Waals surface area contributed by atoms with Crippen molar-refractivity contribution in [2.24, 2.45) is 0 Å². The predicted octanol–water partition coefficient (Wildman–Crippen LogP) is 4.76. The van der Waals surface area contributed by atoms with E-state index in [4.69, 9.17) is 34.8 Å². The number of halogens is 3. The first-order valence-corrected chi connectivity index (χ1v) is 14.3. The van der Waals surface area contributed by atoms with Gasteiger partial charge in [0.1, 0.15) is 16.3 Å². The zero-order chi connectivity index (χ0) is 26.5. The van der Waals surface area contributed by atoms with Crippen LogP contribution in [0.5, 0.6) is 0 Å². The predicted molar refractivity (Wildman–Crippen MR) is 144 cm³/mol.